The van der Waals surface area contributed by atoms with Crippen molar-refractivity contribution >= 4 is 30.5 Å². The maximum Gasteiger partial charge on any atom is 0.478 e. The second kappa shape index (κ2) is 9.56. The first-order chi connectivity index (χ1) is 11.2. The zero-order valence-corrected chi connectivity index (χ0v) is 13.4. The van der Waals surface area contributed by atoms with Gasteiger partial charge in [0.1, 0.15) is 6.61 Å². The van der Waals surface area contributed by atoms with Gasteiger partial charge in [-0.05, 0) is 12.5 Å². The number of nitrogens with one attached hydrogen (secondary N) is 1. The summed E-state index contributed by atoms with van der Waals surface area (Å²) in [6.45, 7) is 0.118. The third kappa shape index (κ3) is 5.54. The van der Waals surface area contributed by atoms with Crippen molar-refractivity contribution < 1.29 is 24.4 Å². The highest BCUT2D eigenvalue weighted by Gasteiger charge is 2.31. The smallest absolute Gasteiger partial charge is 0.426 e. The van der Waals surface area contributed by atoms with E-state index in [0.717, 1.165) is 5.75 Å². The fourth-order valence-electron chi connectivity index (χ4n) is 1.96. The molecule has 0 fully saturated rings. The molecule has 2 rings (SSSR count). The van der Waals surface area contributed by atoms with E-state index in [0.29, 0.717) is 17.9 Å². The molecule has 0 saturated heterocycles. The Hall–Kier alpha value is -1.55. The molecular weight excluding hydrogens is 319 g/mol. The average molecular weight is 338 g/mol. The van der Waals surface area contributed by atoms with E-state index in [9.17, 15) is 9.82 Å². The standard InChI is InChI=1S/C14H19BN2O5S/c18-7-9-22-17-13(11-5-2-4-10-23-11)14(19)16-12-6-1-3-8-21-15(12)20/h1-5,12,18,20H,6-10H2,(H,16,19)/b17-13-. The summed E-state index contributed by atoms with van der Waals surface area (Å²) in [4.78, 5) is 18.1. The van der Waals surface area contributed by atoms with Crippen LogP contribution < -0.4 is 5.32 Å². The van der Waals surface area contributed by atoms with Crippen molar-refractivity contribution in [3.63, 3.8) is 0 Å². The minimum absolute atomic E-state index is 0.00245. The molecule has 7 nitrogen and oxygen atoms in total. The van der Waals surface area contributed by atoms with Gasteiger partial charge in [0, 0.05) is 17.3 Å². The Bertz CT molecular complexity index is 535. The van der Waals surface area contributed by atoms with E-state index in [-0.39, 0.29) is 18.9 Å². The molecule has 3 N–H and O–H groups in total. The van der Waals surface area contributed by atoms with Gasteiger partial charge < -0.3 is 24.9 Å². The lowest BCUT2D eigenvalue weighted by atomic mass is 9.77. The molecule has 124 valence electrons. The summed E-state index contributed by atoms with van der Waals surface area (Å²) >= 11 is 1.46. The van der Waals surface area contributed by atoms with Gasteiger partial charge in [0.05, 0.1) is 12.5 Å². The monoisotopic (exact) mass is 338 g/mol. The average Bonchev–Trinajstić information content (AvgIpc) is 2.77. The summed E-state index contributed by atoms with van der Waals surface area (Å²) in [5, 5.41) is 25.2. The Balaban J connectivity index is 2.09. The third-order valence-corrected chi connectivity index (χ3v) is 4.09. The van der Waals surface area contributed by atoms with E-state index in [2.05, 4.69) is 10.5 Å². The molecule has 23 heavy (non-hydrogen) atoms. The van der Waals surface area contributed by atoms with Crippen molar-refractivity contribution in [2.45, 2.75) is 12.4 Å². The van der Waals surface area contributed by atoms with E-state index in [4.69, 9.17) is 14.6 Å². The fourth-order valence-corrected chi connectivity index (χ4v) is 2.79. The Morgan fingerprint density at radius 2 is 2.39 bits per heavy atom. The van der Waals surface area contributed by atoms with E-state index in [1.165, 1.54) is 11.8 Å². The highest BCUT2D eigenvalue weighted by atomic mass is 32.2. The molecule has 1 amide bonds. The van der Waals surface area contributed by atoms with Gasteiger partial charge in [-0.3, -0.25) is 4.79 Å². The zero-order valence-electron chi connectivity index (χ0n) is 12.6. The predicted molar refractivity (Wildman–Crippen MR) is 89.8 cm³/mol. The summed E-state index contributed by atoms with van der Waals surface area (Å²) in [5.74, 6) is -0.287. The second-order valence-electron chi connectivity index (χ2n) is 4.78. The summed E-state index contributed by atoms with van der Waals surface area (Å²) in [6.07, 6.45) is 9.67. The highest BCUT2D eigenvalue weighted by Crippen LogP contribution is 2.22. The summed E-state index contributed by atoms with van der Waals surface area (Å²) in [7, 11) is -1.08. The maximum atomic E-state index is 12.5. The van der Waals surface area contributed by atoms with Crippen LogP contribution in [0.3, 0.4) is 0 Å². The number of nitrogens with zero attached hydrogens (tertiary/aromatic N) is 1. The minimum Gasteiger partial charge on any atom is -0.426 e. The van der Waals surface area contributed by atoms with Crippen molar-refractivity contribution in [2.24, 2.45) is 5.16 Å². The van der Waals surface area contributed by atoms with Gasteiger partial charge in [-0.1, -0.05) is 29.5 Å². The maximum absolute atomic E-state index is 12.5. The van der Waals surface area contributed by atoms with E-state index in [1.54, 1.807) is 12.2 Å². The number of hydrogen-bond acceptors (Lipinski definition) is 7. The Morgan fingerprint density at radius 1 is 1.52 bits per heavy atom. The molecule has 0 radical (unpaired) electrons. The van der Waals surface area contributed by atoms with Crippen LogP contribution in [0.1, 0.15) is 6.42 Å². The molecule has 0 aromatic rings. The van der Waals surface area contributed by atoms with Crippen LogP contribution in [-0.2, 0) is 14.3 Å². The number of allylic oxidation sites excluding steroid dienone is 2. The molecule has 0 aromatic carbocycles. The van der Waals surface area contributed by atoms with Crippen LogP contribution in [0.25, 0.3) is 0 Å². The summed E-state index contributed by atoms with van der Waals surface area (Å²) in [6, 6.07) is 0. The molecule has 0 bridgehead atoms. The quantitative estimate of drug-likeness (QED) is 0.208. The fraction of sp³-hybridized carbons (Fsp3) is 0.429. The topological polar surface area (TPSA) is 100 Å². The molecule has 1 atom stereocenters. The lowest BCUT2D eigenvalue weighted by Crippen LogP contribution is -2.49. The molecule has 2 aliphatic rings. The van der Waals surface area contributed by atoms with Crippen LogP contribution in [0.4, 0.5) is 0 Å². The lowest BCUT2D eigenvalue weighted by molar-refractivity contribution is -0.115. The van der Waals surface area contributed by atoms with Crippen molar-refractivity contribution in [1.82, 2.24) is 5.32 Å². The molecule has 1 unspecified atom stereocenters. The largest absolute Gasteiger partial charge is 0.478 e. The first-order valence-electron chi connectivity index (χ1n) is 7.28. The number of amides is 1. The zero-order chi connectivity index (χ0) is 16.5. The second-order valence-corrected chi connectivity index (χ2v) is 5.84. The van der Waals surface area contributed by atoms with Crippen molar-refractivity contribution in [3.8, 4) is 0 Å². The highest BCUT2D eigenvalue weighted by molar-refractivity contribution is 8.04. The van der Waals surface area contributed by atoms with Crippen LogP contribution in [0.5, 0.6) is 0 Å². The van der Waals surface area contributed by atoms with Crippen LogP contribution in [-0.4, -0.2) is 60.4 Å². The van der Waals surface area contributed by atoms with Gasteiger partial charge in [0.25, 0.3) is 5.91 Å². The summed E-state index contributed by atoms with van der Waals surface area (Å²) < 4.78 is 5.16. The van der Waals surface area contributed by atoms with Gasteiger partial charge in [0.15, 0.2) is 5.71 Å². The van der Waals surface area contributed by atoms with Gasteiger partial charge in [-0.15, -0.1) is 11.8 Å². The van der Waals surface area contributed by atoms with Gasteiger partial charge in [-0.25, -0.2) is 0 Å². The molecule has 0 spiro atoms. The van der Waals surface area contributed by atoms with Crippen LogP contribution in [0.2, 0.25) is 0 Å². The normalized spacial score (nSPS) is 21.7. The Labute approximate surface area is 139 Å². The minimum atomic E-state index is -1.08. The molecule has 9 heteroatoms. The number of carbonyl (C=O) groups is 1. The van der Waals surface area contributed by atoms with Crippen molar-refractivity contribution in [1.29, 1.82) is 0 Å². The van der Waals surface area contributed by atoms with Crippen molar-refractivity contribution in [3.05, 3.63) is 35.3 Å². The summed E-state index contributed by atoms with van der Waals surface area (Å²) in [5.41, 5.74) is 0.119. The number of carbonyl (C=O) groups excluding carboxylic acids is 1. The molecule has 0 aromatic heterocycles. The molecule has 0 saturated carbocycles. The van der Waals surface area contributed by atoms with E-state index >= 15 is 0 Å². The number of hydrogen-bond donors (Lipinski definition) is 3. The predicted octanol–water partition coefficient (Wildman–Crippen LogP) is 0.0192. The molecule has 0 aliphatic carbocycles. The molecule has 2 aliphatic heterocycles. The lowest BCUT2D eigenvalue weighted by Gasteiger charge is -2.19. The van der Waals surface area contributed by atoms with E-state index < -0.39 is 19.0 Å². The SMILES string of the molecule is O=C(NC1CC=CCOB1O)/C(=N\OCCO)C1=CC=CCS1. The first-order valence-corrected chi connectivity index (χ1v) is 8.27. The number of oxime groups is 1. The molecule has 2 heterocycles. The number of rotatable bonds is 6. The van der Waals surface area contributed by atoms with E-state index in [1.807, 2.05) is 18.2 Å². The Morgan fingerprint density at radius 3 is 3.13 bits per heavy atom. The van der Waals surface area contributed by atoms with Crippen molar-refractivity contribution in [2.75, 3.05) is 25.6 Å². The number of thioether (sulfide) groups is 1. The first kappa shape index (κ1) is 17.8. The number of aliphatic hydroxyl groups excluding tert-OH is 1. The van der Waals surface area contributed by atoms with Crippen LogP contribution in [0, 0.1) is 0 Å². The van der Waals surface area contributed by atoms with Crippen LogP contribution >= 0.6 is 11.8 Å². The Kier molecular flexibility index (Phi) is 7.40. The number of aliphatic hydroxyl groups is 1. The molecular formula is C14H19BN2O5S. The van der Waals surface area contributed by atoms with Crippen LogP contribution in [0.15, 0.2) is 40.4 Å². The van der Waals surface area contributed by atoms with Gasteiger partial charge >= 0.3 is 7.12 Å². The van der Waals surface area contributed by atoms with Gasteiger partial charge in [0.2, 0.25) is 0 Å². The van der Waals surface area contributed by atoms with Gasteiger partial charge in [-0.2, -0.15) is 0 Å². The third-order valence-electron chi connectivity index (χ3n) is 3.09.